The molecular formula is C12H10Cl2N4O3. The highest BCUT2D eigenvalue weighted by Crippen LogP contribution is 2.26. The number of carbonyl (C=O) groups is 3. The van der Waals surface area contributed by atoms with Crippen molar-refractivity contribution in [3.8, 4) is 0 Å². The summed E-state index contributed by atoms with van der Waals surface area (Å²) in [5.74, 6) is -0.722. The van der Waals surface area contributed by atoms with Crippen molar-refractivity contribution >= 4 is 41.0 Å². The van der Waals surface area contributed by atoms with Crippen molar-refractivity contribution in [1.29, 1.82) is 0 Å². The summed E-state index contributed by atoms with van der Waals surface area (Å²) in [5, 5.41) is 5.00. The van der Waals surface area contributed by atoms with Crippen molar-refractivity contribution in [3.63, 3.8) is 0 Å². The van der Waals surface area contributed by atoms with Gasteiger partial charge in [-0.15, -0.1) is 0 Å². The fourth-order valence-electron chi connectivity index (χ4n) is 2.57. The van der Waals surface area contributed by atoms with Gasteiger partial charge in [-0.3, -0.25) is 14.9 Å². The van der Waals surface area contributed by atoms with Crippen LogP contribution in [-0.2, 0) is 4.79 Å². The molecule has 0 radical (unpaired) electrons. The van der Waals surface area contributed by atoms with Crippen molar-refractivity contribution in [2.75, 3.05) is 13.1 Å². The zero-order chi connectivity index (χ0) is 15.2. The Hall–Kier alpha value is -1.86. The van der Waals surface area contributed by atoms with E-state index in [1.807, 2.05) is 0 Å². The molecule has 7 nitrogen and oxygen atoms in total. The number of rotatable bonds is 1. The molecule has 21 heavy (non-hydrogen) atoms. The Kier molecular flexibility index (Phi) is 3.26. The van der Waals surface area contributed by atoms with Gasteiger partial charge in [-0.25, -0.2) is 9.78 Å². The number of pyridine rings is 1. The Labute approximate surface area is 129 Å². The van der Waals surface area contributed by atoms with E-state index in [1.54, 1.807) is 0 Å². The SMILES string of the molecule is O=C1NC(=O)C2(CCN(C(=O)c3cc(Cl)nc(Cl)c3)C2)N1. The molecule has 2 saturated heterocycles. The van der Waals surface area contributed by atoms with Crippen LogP contribution in [0.4, 0.5) is 4.79 Å². The average Bonchev–Trinajstić information content (AvgIpc) is 2.93. The summed E-state index contributed by atoms with van der Waals surface area (Å²) in [6.07, 6.45) is 0.364. The summed E-state index contributed by atoms with van der Waals surface area (Å²) >= 11 is 11.6. The van der Waals surface area contributed by atoms with Gasteiger partial charge in [0.05, 0.1) is 6.54 Å². The first-order chi connectivity index (χ1) is 9.89. The van der Waals surface area contributed by atoms with E-state index in [0.29, 0.717) is 18.5 Å². The number of hydrogen-bond acceptors (Lipinski definition) is 4. The maximum atomic E-state index is 12.4. The maximum absolute atomic E-state index is 12.4. The smallest absolute Gasteiger partial charge is 0.322 e. The number of aromatic nitrogens is 1. The molecule has 0 aromatic carbocycles. The second-order valence-corrected chi connectivity index (χ2v) is 5.74. The van der Waals surface area contributed by atoms with Crippen molar-refractivity contribution in [2.24, 2.45) is 0 Å². The normalized spacial score (nSPS) is 24.4. The Balaban J connectivity index is 1.81. The van der Waals surface area contributed by atoms with Crippen LogP contribution in [0.25, 0.3) is 0 Å². The summed E-state index contributed by atoms with van der Waals surface area (Å²) < 4.78 is 0. The molecule has 1 aromatic rings. The van der Waals surface area contributed by atoms with Crippen molar-refractivity contribution < 1.29 is 14.4 Å². The van der Waals surface area contributed by atoms with Gasteiger partial charge >= 0.3 is 6.03 Å². The minimum atomic E-state index is -1.03. The number of carbonyl (C=O) groups excluding carboxylic acids is 3. The monoisotopic (exact) mass is 328 g/mol. The van der Waals surface area contributed by atoms with Gasteiger partial charge in [-0.2, -0.15) is 0 Å². The number of likely N-dealkylation sites (tertiary alicyclic amines) is 1. The molecule has 9 heteroatoms. The van der Waals surface area contributed by atoms with Crippen LogP contribution >= 0.6 is 23.2 Å². The third-order valence-corrected chi connectivity index (χ3v) is 3.97. The summed E-state index contributed by atoms with van der Waals surface area (Å²) in [6, 6.07) is 2.28. The topological polar surface area (TPSA) is 91.4 Å². The number of urea groups is 1. The lowest BCUT2D eigenvalue weighted by Crippen LogP contribution is -2.49. The Morgan fingerprint density at radius 3 is 2.52 bits per heavy atom. The first kappa shape index (κ1) is 14.1. The van der Waals surface area contributed by atoms with Crippen molar-refractivity contribution in [2.45, 2.75) is 12.0 Å². The average molecular weight is 329 g/mol. The van der Waals surface area contributed by atoms with E-state index < -0.39 is 17.5 Å². The summed E-state index contributed by atoms with van der Waals surface area (Å²) in [6.45, 7) is 0.463. The fraction of sp³-hybridized carbons (Fsp3) is 0.333. The zero-order valence-corrected chi connectivity index (χ0v) is 12.2. The molecule has 2 aliphatic heterocycles. The van der Waals surface area contributed by atoms with Crippen LogP contribution in [-0.4, -0.2) is 46.4 Å². The lowest BCUT2D eigenvalue weighted by Gasteiger charge is -2.21. The quantitative estimate of drug-likeness (QED) is 0.589. The molecule has 2 fully saturated rings. The van der Waals surface area contributed by atoms with Gasteiger partial charge in [-0.05, 0) is 18.6 Å². The van der Waals surface area contributed by atoms with Gasteiger partial charge < -0.3 is 10.2 Å². The minimum Gasteiger partial charge on any atom is -0.336 e. The molecule has 0 bridgehead atoms. The maximum Gasteiger partial charge on any atom is 0.322 e. The molecule has 0 saturated carbocycles. The van der Waals surface area contributed by atoms with E-state index in [2.05, 4.69) is 15.6 Å². The molecule has 3 rings (SSSR count). The first-order valence-electron chi connectivity index (χ1n) is 6.16. The third kappa shape index (κ3) is 2.43. The van der Waals surface area contributed by atoms with Gasteiger partial charge in [0.25, 0.3) is 11.8 Å². The Bertz CT molecular complexity index is 646. The lowest BCUT2D eigenvalue weighted by molar-refractivity contribution is -0.123. The molecule has 2 aliphatic rings. The van der Waals surface area contributed by atoms with Crippen LogP contribution in [0.1, 0.15) is 16.8 Å². The largest absolute Gasteiger partial charge is 0.336 e. The van der Waals surface area contributed by atoms with E-state index >= 15 is 0 Å². The van der Waals surface area contributed by atoms with Gasteiger partial charge in [0, 0.05) is 12.1 Å². The van der Waals surface area contributed by atoms with E-state index in [9.17, 15) is 14.4 Å². The third-order valence-electron chi connectivity index (χ3n) is 3.58. The minimum absolute atomic E-state index is 0.112. The molecular weight excluding hydrogens is 319 g/mol. The highest BCUT2D eigenvalue weighted by atomic mass is 35.5. The van der Waals surface area contributed by atoms with Crippen molar-refractivity contribution in [3.05, 3.63) is 28.0 Å². The van der Waals surface area contributed by atoms with E-state index in [-0.39, 0.29) is 22.8 Å². The standard InChI is InChI=1S/C12H10Cl2N4O3/c13-7-3-6(4-8(14)15-7)9(19)18-2-1-12(5-18)10(20)16-11(21)17-12/h3-4H,1-2,5H2,(H2,16,17,20,21). The van der Waals surface area contributed by atoms with Crippen LogP contribution in [0.15, 0.2) is 12.1 Å². The Morgan fingerprint density at radius 1 is 1.29 bits per heavy atom. The number of hydrogen-bond donors (Lipinski definition) is 2. The number of halogens is 2. The van der Waals surface area contributed by atoms with E-state index in [1.165, 1.54) is 17.0 Å². The van der Waals surface area contributed by atoms with Crippen LogP contribution in [0.2, 0.25) is 10.3 Å². The second-order valence-electron chi connectivity index (χ2n) is 4.97. The second kappa shape index (κ2) is 4.85. The molecule has 0 aliphatic carbocycles. The summed E-state index contributed by atoms with van der Waals surface area (Å²) in [7, 11) is 0. The number of nitrogens with zero attached hydrogens (tertiary/aromatic N) is 2. The van der Waals surface area contributed by atoms with Gasteiger partial charge in [0.2, 0.25) is 0 Å². The highest BCUT2D eigenvalue weighted by Gasteiger charge is 2.51. The van der Waals surface area contributed by atoms with Gasteiger partial charge in [0.1, 0.15) is 15.8 Å². The predicted molar refractivity (Wildman–Crippen MR) is 74.2 cm³/mol. The van der Waals surface area contributed by atoms with Crippen LogP contribution in [0.3, 0.4) is 0 Å². The predicted octanol–water partition coefficient (Wildman–Crippen LogP) is 0.812. The molecule has 1 aromatic heterocycles. The fourth-order valence-corrected chi connectivity index (χ4v) is 3.03. The highest BCUT2D eigenvalue weighted by molar-refractivity contribution is 6.33. The van der Waals surface area contributed by atoms with E-state index in [4.69, 9.17) is 23.2 Å². The number of amides is 4. The van der Waals surface area contributed by atoms with Crippen molar-refractivity contribution in [1.82, 2.24) is 20.5 Å². The molecule has 3 heterocycles. The molecule has 2 N–H and O–H groups in total. The van der Waals surface area contributed by atoms with Crippen LogP contribution < -0.4 is 10.6 Å². The first-order valence-corrected chi connectivity index (χ1v) is 6.91. The number of nitrogens with one attached hydrogen (secondary N) is 2. The molecule has 110 valence electrons. The number of imide groups is 1. The van der Waals surface area contributed by atoms with Crippen LogP contribution in [0.5, 0.6) is 0 Å². The lowest BCUT2D eigenvalue weighted by atomic mass is 9.99. The molecule has 1 spiro atoms. The van der Waals surface area contributed by atoms with E-state index in [0.717, 1.165) is 0 Å². The molecule has 1 atom stereocenters. The van der Waals surface area contributed by atoms with Gasteiger partial charge in [0.15, 0.2) is 0 Å². The zero-order valence-electron chi connectivity index (χ0n) is 10.7. The van der Waals surface area contributed by atoms with Crippen LogP contribution in [0, 0.1) is 0 Å². The molecule has 4 amide bonds. The summed E-state index contributed by atoms with van der Waals surface area (Å²) in [4.78, 5) is 40.8. The van der Waals surface area contributed by atoms with Gasteiger partial charge in [-0.1, -0.05) is 23.2 Å². The Morgan fingerprint density at radius 2 is 1.95 bits per heavy atom. The summed E-state index contributed by atoms with van der Waals surface area (Å²) in [5.41, 5.74) is -0.741. The molecule has 1 unspecified atom stereocenters.